The molecule has 1 heterocycles. The first-order valence-corrected chi connectivity index (χ1v) is 7.39. The number of benzene rings is 1. The summed E-state index contributed by atoms with van der Waals surface area (Å²) < 4.78 is 2.31. The van der Waals surface area contributed by atoms with Crippen molar-refractivity contribution in [3.63, 3.8) is 0 Å². The van der Waals surface area contributed by atoms with E-state index in [1.165, 1.54) is 16.6 Å². The topological polar surface area (TPSA) is 33.1 Å². The van der Waals surface area contributed by atoms with Crippen LogP contribution in [-0.2, 0) is 6.54 Å². The lowest BCUT2D eigenvalue weighted by Gasteiger charge is -2.13. The summed E-state index contributed by atoms with van der Waals surface area (Å²) >= 11 is 0. The third-order valence-electron chi connectivity index (χ3n) is 3.69. The SMILES string of the molecule is CCNc1nc2cc(C)c(C)cc2n1CCCN(C)C. The quantitative estimate of drug-likeness (QED) is 0.879. The van der Waals surface area contributed by atoms with Gasteiger partial charge in [0.05, 0.1) is 11.0 Å². The molecule has 4 nitrogen and oxygen atoms in total. The highest BCUT2D eigenvalue weighted by Crippen LogP contribution is 2.23. The Hall–Kier alpha value is -1.55. The van der Waals surface area contributed by atoms with Crippen molar-refractivity contribution in [1.82, 2.24) is 14.5 Å². The molecule has 110 valence electrons. The van der Waals surface area contributed by atoms with Gasteiger partial charge in [-0.15, -0.1) is 0 Å². The molecule has 1 aromatic carbocycles. The molecule has 0 radical (unpaired) electrons. The van der Waals surface area contributed by atoms with Crippen LogP contribution in [0, 0.1) is 13.8 Å². The van der Waals surface area contributed by atoms with Crippen molar-refractivity contribution >= 4 is 17.0 Å². The summed E-state index contributed by atoms with van der Waals surface area (Å²) in [6.07, 6.45) is 1.13. The van der Waals surface area contributed by atoms with Crippen molar-refractivity contribution in [2.75, 3.05) is 32.5 Å². The van der Waals surface area contributed by atoms with E-state index in [0.29, 0.717) is 0 Å². The van der Waals surface area contributed by atoms with E-state index in [-0.39, 0.29) is 0 Å². The zero-order chi connectivity index (χ0) is 14.7. The molecule has 0 atom stereocenters. The largest absolute Gasteiger partial charge is 0.356 e. The fourth-order valence-electron chi connectivity index (χ4n) is 2.44. The van der Waals surface area contributed by atoms with Gasteiger partial charge in [-0.25, -0.2) is 4.98 Å². The van der Waals surface area contributed by atoms with Crippen molar-refractivity contribution in [2.45, 2.75) is 33.7 Å². The number of rotatable bonds is 6. The predicted octanol–water partition coefficient (Wildman–Crippen LogP) is 3.04. The van der Waals surface area contributed by atoms with Crippen LogP contribution >= 0.6 is 0 Å². The Morgan fingerprint density at radius 2 is 1.90 bits per heavy atom. The highest BCUT2D eigenvalue weighted by molar-refractivity contribution is 5.80. The Morgan fingerprint density at radius 1 is 1.20 bits per heavy atom. The number of anilines is 1. The van der Waals surface area contributed by atoms with Gasteiger partial charge in [0, 0.05) is 13.1 Å². The molecule has 0 amide bonds. The molecule has 1 aromatic heterocycles. The highest BCUT2D eigenvalue weighted by atomic mass is 15.2. The van der Waals surface area contributed by atoms with Gasteiger partial charge in [0.25, 0.3) is 0 Å². The Labute approximate surface area is 121 Å². The second-order valence-electron chi connectivity index (χ2n) is 5.70. The van der Waals surface area contributed by atoms with Crippen LogP contribution in [0.15, 0.2) is 12.1 Å². The molecular weight excluding hydrogens is 248 g/mol. The van der Waals surface area contributed by atoms with Gasteiger partial charge in [-0.2, -0.15) is 0 Å². The average molecular weight is 274 g/mol. The summed E-state index contributed by atoms with van der Waals surface area (Å²) in [5, 5.41) is 3.38. The zero-order valence-corrected chi connectivity index (χ0v) is 13.3. The van der Waals surface area contributed by atoms with Gasteiger partial charge in [-0.1, -0.05) is 0 Å². The third-order valence-corrected chi connectivity index (χ3v) is 3.69. The molecule has 0 aliphatic heterocycles. The van der Waals surface area contributed by atoms with Gasteiger partial charge >= 0.3 is 0 Å². The number of nitrogens with one attached hydrogen (secondary N) is 1. The highest BCUT2D eigenvalue weighted by Gasteiger charge is 2.11. The molecule has 2 rings (SSSR count). The second kappa shape index (κ2) is 6.27. The van der Waals surface area contributed by atoms with E-state index in [0.717, 1.165) is 37.5 Å². The third kappa shape index (κ3) is 3.12. The first kappa shape index (κ1) is 14.9. The van der Waals surface area contributed by atoms with Gasteiger partial charge in [-0.3, -0.25) is 0 Å². The van der Waals surface area contributed by atoms with Crippen LogP contribution in [0.25, 0.3) is 11.0 Å². The number of nitrogens with zero attached hydrogens (tertiary/aromatic N) is 3. The zero-order valence-electron chi connectivity index (χ0n) is 13.3. The van der Waals surface area contributed by atoms with Crippen molar-refractivity contribution in [3.8, 4) is 0 Å². The van der Waals surface area contributed by atoms with Crippen LogP contribution in [0.5, 0.6) is 0 Å². The first-order chi connectivity index (χ1) is 9.52. The Bertz CT molecular complexity index is 584. The van der Waals surface area contributed by atoms with E-state index in [9.17, 15) is 0 Å². The Balaban J connectivity index is 2.37. The molecule has 0 bridgehead atoms. The van der Waals surface area contributed by atoms with Gasteiger partial charge in [-0.05, 0) is 71.1 Å². The van der Waals surface area contributed by atoms with Crippen molar-refractivity contribution in [1.29, 1.82) is 0 Å². The van der Waals surface area contributed by atoms with Crippen LogP contribution in [0.1, 0.15) is 24.5 Å². The molecule has 20 heavy (non-hydrogen) atoms. The fraction of sp³-hybridized carbons (Fsp3) is 0.562. The molecule has 0 saturated carbocycles. The van der Waals surface area contributed by atoms with Crippen LogP contribution in [0.3, 0.4) is 0 Å². The predicted molar refractivity (Wildman–Crippen MR) is 86.5 cm³/mol. The van der Waals surface area contributed by atoms with Crippen LogP contribution in [-0.4, -0.2) is 41.6 Å². The van der Waals surface area contributed by atoms with E-state index < -0.39 is 0 Å². The van der Waals surface area contributed by atoms with E-state index >= 15 is 0 Å². The minimum atomic E-state index is 0.898. The molecule has 4 heteroatoms. The number of aromatic nitrogens is 2. The van der Waals surface area contributed by atoms with E-state index in [2.05, 4.69) is 61.8 Å². The van der Waals surface area contributed by atoms with Gasteiger partial charge in [0.15, 0.2) is 0 Å². The maximum Gasteiger partial charge on any atom is 0.203 e. The summed E-state index contributed by atoms with van der Waals surface area (Å²) in [6.45, 7) is 9.41. The number of imidazole rings is 1. The molecule has 0 aliphatic carbocycles. The summed E-state index contributed by atoms with van der Waals surface area (Å²) in [6, 6.07) is 4.45. The van der Waals surface area contributed by atoms with Gasteiger partial charge in [0.2, 0.25) is 5.95 Å². The molecule has 0 spiro atoms. The van der Waals surface area contributed by atoms with Crippen LogP contribution in [0.4, 0.5) is 5.95 Å². The summed E-state index contributed by atoms with van der Waals surface area (Å²) in [5.41, 5.74) is 4.96. The molecule has 0 aliphatic rings. The first-order valence-electron chi connectivity index (χ1n) is 7.39. The second-order valence-corrected chi connectivity index (χ2v) is 5.70. The lowest BCUT2D eigenvalue weighted by molar-refractivity contribution is 0.388. The Morgan fingerprint density at radius 3 is 2.55 bits per heavy atom. The fourth-order valence-corrected chi connectivity index (χ4v) is 2.44. The van der Waals surface area contributed by atoms with E-state index in [4.69, 9.17) is 4.98 Å². The summed E-state index contributed by atoms with van der Waals surface area (Å²) in [5.74, 6) is 0.992. The van der Waals surface area contributed by atoms with Crippen LogP contribution < -0.4 is 5.32 Å². The minimum absolute atomic E-state index is 0.898. The van der Waals surface area contributed by atoms with Crippen molar-refractivity contribution < 1.29 is 0 Å². The number of fused-ring (bicyclic) bond motifs is 1. The molecule has 0 saturated heterocycles. The molecule has 0 fully saturated rings. The number of hydrogen-bond acceptors (Lipinski definition) is 3. The summed E-state index contributed by atoms with van der Waals surface area (Å²) in [4.78, 5) is 6.96. The lowest BCUT2D eigenvalue weighted by Crippen LogP contribution is -2.16. The van der Waals surface area contributed by atoms with E-state index in [1.807, 2.05) is 0 Å². The normalized spacial score (nSPS) is 11.5. The average Bonchev–Trinajstić information content (AvgIpc) is 2.68. The molecule has 2 aromatic rings. The number of hydrogen-bond donors (Lipinski definition) is 1. The van der Waals surface area contributed by atoms with Crippen molar-refractivity contribution in [2.24, 2.45) is 0 Å². The smallest absolute Gasteiger partial charge is 0.203 e. The monoisotopic (exact) mass is 274 g/mol. The van der Waals surface area contributed by atoms with Gasteiger partial charge < -0.3 is 14.8 Å². The molecular formula is C16H26N4. The van der Waals surface area contributed by atoms with Crippen molar-refractivity contribution in [3.05, 3.63) is 23.3 Å². The maximum absolute atomic E-state index is 4.74. The van der Waals surface area contributed by atoms with Gasteiger partial charge in [0.1, 0.15) is 0 Å². The van der Waals surface area contributed by atoms with Crippen LogP contribution in [0.2, 0.25) is 0 Å². The minimum Gasteiger partial charge on any atom is -0.356 e. The maximum atomic E-state index is 4.74. The standard InChI is InChI=1S/C16H26N4/c1-6-17-16-18-14-10-12(2)13(3)11-15(14)20(16)9-7-8-19(4)5/h10-11H,6-9H2,1-5H3,(H,17,18). The Kier molecular flexibility index (Phi) is 4.65. The molecule has 0 unspecified atom stereocenters. The number of aryl methyl sites for hydroxylation is 3. The summed E-state index contributed by atoms with van der Waals surface area (Å²) in [7, 11) is 4.23. The lowest BCUT2D eigenvalue weighted by atomic mass is 10.1. The molecule has 1 N–H and O–H groups in total. The van der Waals surface area contributed by atoms with E-state index in [1.54, 1.807) is 0 Å².